The third-order valence-electron chi connectivity index (χ3n) is 20.2. The highest BCUT2D eigenvalue weighted by Gasteiger charge is 2.40. The maximum Gasteiger partial charge on any atom is 0.328 e. The van der Waals surface area contributed by atoms with Crippen LogP contribution in [0.3, 0.4) is 0 Å². The van der Waals surface area contributed by atoms with Crippen molar-refractivity contribution in [1.29, 1.82) is 0 Å². The second kappa shape index (κ2) is 43.6. The predicted molar refractivity (Wildman–Crippen MR) is 462 cm³/mol. The first-order valence-electron chi connectivity index (χ1n) is 39.7. The van der Waals surface area contributed by atoms with Crippen LogP contribution in [0.25, 0.3) is 10.9 Å². The Balaban J connectivity index is 1.19. The zero-order chi connectivity index (χ0) is 89.3. The minimum atomic E-state index is -2.23. The van der Waals surface area contributed by atoms with Crippen molar-refractivity contribution >= 4 is 117 Å². The fourth-order valence-corrected chi connectivity index (χ4v) is 13.8. The number of H-pyrrole nitrogens is 1. The predicted octanol–water partition coefficient (Wildman–Crippen LogP) is 8.59. The molecule has 6 aromatic rings. The lowest BCUT2D eigenvalue weighted by Crippen LogP contribution is -2.46. The Labute approximate surface area is 708 Å². The number of carbonyl (C=O) groups is 4. The van der Waals surface area contributed by atoms with Gasteiger partial charge < -0.3 is 111 Å². The summed E-state index contributed by atoms with van der Waals surface area (Å²) in [6.45, 7) is -0.822. The number of esters is 2. The molecule has 4 bridgehead atoms. The Morgan fingerprint density at radius 2 is 1.06 bits per heavy atom. The molecule has 13 atom stereocenters. The summed E-state index contributed by atoms with van der Waals surface area (Å²) in [6.07, 6.45) is -5.76. The third-order valence-corrected chi connectivity index (χ3v) is 20.2. The molecule has 19 N–H and O–H groups in total. The number of cyclic esters (lactones) is 1. The molecule has 124 heavy (non-hydrogen) atoms. The SMILES string of the molecule is CC(O)=N[C@H](Cc1ccc(O)cc1)C(O)=NCC(O)=NCC(O)=N[C@@H]1C(O)=N[C@@H](Cc2ccccc2)C(O)=N[C@H]2CCCCN=C(O)C[C@@H](C(O)=N[C@@H](Cc3ccc(O)cc3)C(=O)O)N=C(O)[C@@H]3CCC(=O)OC[C@H](N=C(O)[C@H]4CCCN4C(=O)[C@H](Cc4ccc(O)cc4)N=C2O)C(O)=N[C@H](CC(=O)O[C@H]1C)C(O)=N[C@@H](Cc1c[nH]c2ccccc12)C(O)=N3. The fourth-order valence-electron chi connectivity index (χ4n) is 13.8. The van der Waals surface area contributed by atoms with Gasteiger partial charge in [0, 0.05) is 75.6 Å². The molecule has 1 amide bonds. The summed E-state index contributed by atoms with van der Waals surface area (Å²) in [6, 6.07) is 10.1. The molecule has 0 spiro atoms. The van der Waals surface area contributed by atoms with Gasteiger partial charge in [0.1, 0.15) is 97.4 Å². The first kappa shape index (κ1) is 91.8. The minimum absolute atomic E-state index is 0.0347. The van der Waals surface area contributed by atoms with Gasteiger partial charge in [0.05, 0.1) is 12.8 Å². The van der Waals surface area contributed by atoms with Crippen molar-refractivity contribution in [2.75, 3.05) is 32.8 Å². The summed E-state index contributed by atoms with van der Waals surface area (Å²) in [5.41, 5.74) is 2.60. The Hall–Kier alpha value is -14.5. The summed E-state index contributed by atoms with van der Waals surface area (Å²) < 4.78 is 11.6. The van der Waals surface area contributed by atoms with Crippen molar-refractivity contribution < 1.29 is 121 Å². The lowest BCUT2D eigenvalue weighted by Gasteiger charge is -2.27. The molecule has 4 aliphatic rings. The van der Waals surface area contributed by atoms with Crippen molar-refractivity contribution in [2.24, 2.45) is 69.9 Å². The summed E-state index contributed by atoms with van der Waals surface area (Å²) in [7, 11) is 0. The third kappa shape index (κ3) is 26.7. The summed E-state index contributed by atoms with van der Waals surface area (Å²) in [5, 5.41) is 209. The number of nitrogens with zero attached hydrogens (tertiary/aromatic N) is 15. The number of aromatic hydroxyl groups is 3. The van der Waals surface area contributed by atoms with E-state index in [-0.39, 0.29) is 81.7 Å². The van der Waals surface area contributed by atoms with Crippen LogP contribution in [0.5, 0.6) is 17.2 Å². The van der Waals surface area contributed by atoms with E-state index in [2.05, 4.69) is 74.9 Å². The van der Waals surface area contributed by atoms with E-state index >= 15 is 9.59 Å². The monoisotopic (exact) mass is 1710 g/mol. The largest absolute Gasteiger partial charge is 0.508 e. The molecule has 1 saturated heterocycles. The zero-order valence-corrected chi connectivity index (χ0v) is 67.3. The van der Waals surface area contributed by atoms with Crippen LogP contribution < -0.4 is 0 Å². The average Bonchev–Trinajstić information content (AvgIpc) is 1.63. The van der Waals surface area contributed by atoms with Gasteiger partial charge in [0.25, 0.3) is 0 Å². The molecule has 5 heterocycles. The normalized spacial score (nSPS) is 24.2. The average molecular weight is 1720 g/mol. The molecule has 4 aliphatic heterocycles. The standard InChI is InChI=1S/C84H98N16O24/c1-44-72(99-69(107)42-87-68(106)41-88-73(110)58(89-45(2)101)34-47-17-23-51(102)24-18-47)82(119)95-59(33-46-11-4-3-5-12-46)76(113)90-56-15-8-9-31-85-67(105)38-61(78(115)97-64(84(121)122)36-49-21-27-53(104)28-22-49)93-75(112)57-29-30-70(108)123-43-65(98-81(118)66-16-10-32-100(66)83(120)63(96-74(56)111)35-48-19-25-52(103)26-20-48)80(117)94-62(39-71(109)124-44)79(116)92-60(77(114)91-57)37-50-40-86-55-14-7-6-13-54(50)55/h3-7,11-14,17-28,40,44,56-66,72,86,102-104H,8-10,15-16,29-39,41-43H2,1-2H3,(H,85,105)(H,87,106)(H,88,110)(H,89,101)(H,90,113)(H,91,114)(H,92,116)(H,93,112)(H,94,117)(H,95,119)(H,96,111)(H,97,115)(H,98,118)(H,99,107)(H,121,122)/t44-,56-,57-,58+,59-,60-,61-,62+,63-,64-,65-,66+,72-/m0/s1. The number of ether oxygens (including phenoxy) is 2. The molecule has 0 saturated carbocycles. The number of benzene rings is 5. The molecule has 0 unspecified atom stereocenters. The number of aliphatic carboxylic acids is 1. The number of aromatic amines is 1. The van der Waals surface area contributed by atoms with Crippen LogP contribution in [-0.4, -0.2) is 320 Å². The maximum atomic E-state index is 15.5. The number of aliphatic hydroxyl groups is 14. The molecule has 1 aromatic heterocycles. The van der Waals surface area contributed by atoms with Gasteiger partial charge in [0.2, 0.25) is 76.7 Å². The van der Waals surface area contributed by atoms with Gasteiger partial charge in [-0.3, -0.25) is 19.4 Å². The van der Waals surface area contributed by atoms with Crippen molar-refractivity contribution in [1.82, 2.24) is 9.88 Å². The van der Waals surface area contributed by atoms with Crippen LogP contribution in [-0.2, 0) is 60.8 Å². The van der Waals surface area contributed by atoms with Crippen molar-refractivity contribution in [3.8, 4) is 17.2 Å². The Morgan fingerprint density at radius 3 is 1.73 bits per heavy atom. The molecule has 1 fully saturated rings. The minimum Gasteiger partial charge on any atom is -0.508 e. The maximum absolute atomic E-state index is 15.5. The molecule has 10 rings (SSSR count). The first-order valence-corrected chi connectivity index (χ1v) is 39.7. The number of aliphatic imine (C=N–C) groups is 14. The van der Waals surface area contributed by atoms with Gasteiger partial charge >= 0.3 is 17.9 Å². The van der Waals surface area contributed by atoms with Gasteiger partial charge in [-0.25, -0.2) is 69.7 Å². The second-order valence-corrected chi connectivity index (χ2v) is 29.6. The lowest BCUT2D eigenvalue weighted by atomic mass is 10.0. The topological polar surface area (TPSA) is 643 Å². The summed E-state index contributed by atoms with van der Waals surface area (Å²) in [5.74, 6) is -18.8. The second-order valence-electron chi connectivity index (χ2n) is 29.6. The van der Waals surface area contributed by atoms with E-state index in [1.54, 1.807) is 54.6 Å². The lowest BCUT2D eigenvalue weighted by molar-refractivity contribution is -0.148. The number of fused-ring (bicyclic) bond motifs is 10. The molecule has 40 heteroatoms. The van der Waals surface area contributed by atoms with Crippen molar-refractivity contribution in [2.45, 2.75) is 182 Å². The van der Waals surface area contributed by atoms with Crippen LogP contribution in [0.15, 0.2) is 203 Å². The number of hydrogen-bond donors (Lipinski definition) is 19. The molecular formula is C84H98N16O24. The van der Waals surface area contributed by atoms with Crippen molar-refractivity contribution in [3.63, 3.8) is 0 Å². The highest BCUT2D eigenvalue weighted by molar-refractivity contribution is 5.98. The number of hydrogen-bond acceptors (Lipinski definition) is 23. The van der Waals surface area contributed by atoms with E-state index in [0.717, 1.165) is 6.92 Å². The number of rotatable bonds is 20. The summed E-state index contributed by atoms with van der Waals surface area (Å²) in [4.78, 5) is 122. The Morgan fingerprint density at radius 1 is 0.516 bits per heavy atom. The number of aromatic nitrogens is 1. The van der Waals surface area contributed by atoms with E-state index in [9.17, 15) is 102 Å². The van der Waals surface area contributed by atoms with Crippen LogP contribution in [0.4, 0.5) is 0 Å². The van der Waals surface area contributed by atoms with E-state index in [1.807, 2.05) is 0 Å². The number of carboxylic acid groups (broad SMARTS) is 1. The number of nitrogens with one attached hydrogen (secondary N) is 1. The molecule has 658 valence electrons. The summed E-state index contributed by atoms with van der Waals surface area (Å²) >= 11 is 0. The van der Waals surface area contributed by atoms with Crippen molar-refractivity contribution in [3.05, 3.63) is 161 Å². The van der Waals surface area contributed by atoms with E-state index in [4.69, 9.17) is 9.47 Å². The number of phenolic OH excluding ortho intramolecular Hbond substituents is 3. The van der Waals surface area contributed by atoms with E-state index < -0.39 is 243 Å². The van der Waals surface area contributed by atoms with Crippen LogP contribution >= 0.6 is 0 Å². The number of carboxylic acids is 1. The number of carbonyl (C=O) groups excluding carboxylic acids is 3. The zero-order valence-electron chi connectivity index (χ0n) is 67.3. The molecule has 0 radical (unpaired) electrons. The van der Waals surface area contributed by atoms with Gasteiger partial charge in [-0.05, 0) is 116 Å². The smallest absolute Gasteiger partial charge is 0.328 e. The highest BCUT2D eigenvalue weighted by Crippen LogP contribution is 2.28. The molecular weight excluding hydrogens is 1620 g/mol. The number of amides is 1. The fraction of sp³-hybridized carbons (Fsp3) is 0.405. The number of aliphatic hydroxyl groups excluding tert-OH is 14. The molecule has 0 aliphatic carbocycles. The Kier molecular flexibility index (Phi) is 32.3. The van der Waals surface area contributed by atoms with Crippen LogP contribution in [0.1, 0.15) is 99.5 Å². The quantitative estimate of drug-likeness (QED) is 0.0193. The van der Waals surface area contributed by atoms with Gasteiger partial charge in [-0.2, -0.15) is 0 Å². The van der Waals surface area contributed by atoms with Gasteiger partial charge in [0.15, 0.2) is 29.9 Å². The van der Waals surface area contributed by atoms with Crippen LogP contribution in [0, 0.1) is 0 Å². The van der Waals surface area contributed by atoms with Gasteiger partial charge in [-0.1, -0.05) is 84.9 Å². The molecule has 5 aromatic carbocycles. The van der Waals surface area contributed by atoms with E-state index in [1.165, 1.54) is 90.8 Å². The Bertz CT molecular complexity index is 5190. The van der Waals surface area contributed by atoms with Gasteiger partial charge in [-0.15, -0.1) is 0 Å². The van der Waals surface area contributed by atoms with E-state index in [0.29, 0.717) is 38.7 Å². The number of phenols is 3. The molecule has 40 nitrogen and oxygen atoms in total. The first-order chi connectivity index (χ1) is 59.3. The number of para-hydroxylation sites is 1. The van der Waals surface area contributed by atoms with Crippen LogP contribution in [0.2, 0.25) is 0 Å². The highest BCUT2D eigenvalue weighted by atomic mass is 16.5.